The highest BCUT2D eigenvalue weighted by Crippen LogP contribution is 2.25. The van der Waals surface area contributed by atoms with Crippen molar-refractivity contribution in [1.29, 1.82) is 0 Å². The number of thiophene rings is 1. The fourth-order valence-corrected chi connectivity index (χ4v) is 4.27. The van der Waals surface area contributed by atoms with E-state index < -0.39 is 10.0 Å². The van der Waals surface area contributed by atoms with E-state index in [1.807, 2.05) is 19.9 Å². The van der Waals surface area contributed by atoms with Crippen LogP contribution in [0.15, 0.2) is 10.3 Å². The second-order valence-electron chi connectivity index (χ2n) is 3.97. The Balaban J connectivity index is 2.43. The fraction of sp³-hybridized carbons (Fsp3) is 0.636. The number of sulfonamides is 1. The Morgan fingerprint density at radius 1 is 1.28 bits per heavy atom. The highest BCUT2D eigenvalue weighted by molar-refractivity contribution is 7.91. The molecule has 0 saturated heterocycles. The molecule has 18 heavy (non-hydrogen) atoms. The number of ether oxygens (including phenoxy) is 1. The number of hydrogen-bond donors (Lipinski definition) is 2. The van der Waals surface area contributed by atoms with E-state index in [9.17, 15) is 8.42 Å². The van der Waals surface area contributed by atoms with Crippen LogP contribution in [0.5, 0.6) is 0 Å². The summed E-state index contributed by atoms with van der Waals surface area (Å²) in [5, 5.41) is 3.08. The molecule has 0 aromatic carbocycles. The van der Waals surface area contributed by atoms with Crippen LogP contribution in [0.4, 0.5) is 0 Å². The topological polar surface area (TPSA) is 67.4 Å². The van der Waals surface area contributed by atoms with Gasteiger partial charge in [-0.2, -0.15) is 0 Å². The summed E-state index contributed by atoms with van der Waals surface area (Å²) in [6, 6.07) is 1.88. The van der Waals surface area contributed by atoms with Crippen LogP contribution >= 0.6 is 11.3 Å². The van der Waals surface area contributed by atoms with Crippen molar-refractivity contribution in [2.75, 3.05) is 33.4 Å². The van der Waals surface area contributed by atoms with Gasteiger partial charge in [-0.15, -0.1) is 11.3 Å². The van der Waals surface area contributed by atoms with Crippen LogP contribution in [0.2, 0.25) is 0 Å². The van der Waals surface area contributed by atoms with Gasteiger partial charge in [0.05, 0.1) is 6.61 Å². The van der Waals surface area contributed by atoms with Crippen molar-refractivity contribution >= 4 is 21.4 Å². The maximum Gasteiger partial charge on any atom is 0.250 e. The molecule has 1 aromatic rings. The Morgan fingerprint density at radius 3 is 2.56 bits per heavy atom. The number of aryl methyl sites for hydroxylation is 2. The molecule has 0 aliphatic rings. The smallest absolute Gasteiger partial charge is 0.250 e. The third-order valence-electron chi connectivity index (χ3n) is 2.32. The van der Waals surface area contributed by atoms with Crippen molar-refractivity contribution in [3.8, 4) is 0 Å². The molecule has 0 radical (unpaired) electrons. The van der Waals surface area contributed by atoms with Crippen molar-refractivity contribution in [2.45, 2.75) is 18.1 Å². The number of rotatable bonds is 8. The third-order valence-corrected chi connectivity index (χ3v) is 5.57. The van der Waals surface area contributed by atoms with Gasteiger partial charge in [0.2, 0.25) is 10.0 Å². The number of methoxy groups -OCH3 is 1. The summed E-state index contributed by atoms with van der Waals surface area (Å²) in [6.45, 7) is 6.03. The molecule has 7 heteroatoms. The first kappa shape index (κ1) is 15.6. The largest absolute Gasteiger partial charge is 0.383 e. The summed E-state index contributed by atoms with van der Waals surface area (Å²) in [6.07, 6.45) is 0. The van der Waals surface area contributed by atoms with Gasteiger partial charge in [-0.3, -0.25) is 0 Å². The minimum atomic E-state index is -3.37. The zero-order valence-corrected chi connectivity index (χ0v) is 12.6. The molecule has 5 nitrogen and oxygen atoms in total. The van der Waals surface area contributed by atoms with E-state index in [0.717, 1.165) is 17.0 Å². The molecule has 104 valence electrons. The summed E-state index contributed by atoms with van der Waals surface area (Å²) in [5.41, 5.74) is 0.803. The molecule has 0 aliphatic heterocycles. The maximum atomic E-state index is 12.0. The monoisotopic (exact) mass is 292 g/mol. The lowest BCUT2D eigenvalue weighted by molar-refractivity contribution is 0.199. The van der Waals surface area contributed by atoms with Gasteiger partial charge in [-0.1, -0.05) is 0 Å². The molecule has 0 amide bonds. The number of hydrogen-bond acceptors (Lipinski definition) is 5. The summed E-state index contributed by atoms with van der Waals surface area (Å²) in [5.74, 6) is 0. The number of nitrogens with one attached hydrogen (secondary N) is 2. The molecular formula is C11H20N2O3S2. The summed E-state index contributed by atoms with van der Waals surface area (Å²) < 4.78 is 31.9. The molecule has 0 saturated carbocycles. The molecule has 1 heterocycles. The molecule has 0 unspecified atom stereocenters. The van der Waals surface area contributed by atoms with E-state index in [4.69, 9.17) is 4.74 Å². The van der Waals surface area contributed by atoms with Gasteiger partial charge < -0.3 is 10.1 Å². The molecule has 1 aromatic heterocycles. The van der Waals surface area contributed by atoms with Crippen LogP contribution < -0.4 is 10.0 Å². The molecule has 0 bridgehead atoms. The minimum Gasteiger partial charge on any atom is -0.383 e. The maximum absolute atomic E-state index is 12.0. The van der Waals surface area contributed by atoms with E-state index in [1.54, 1.807) is 7.11 Å². The van der Waals surface area contributed by atoms with Gasteiger partial charge in [-0.25, -0.2) is 13.1 Å². The van der Waals surface area contributed by atoms with E-state index in [0.29, 0.717) is 23.9 Å². The third kappa shape index (κ3) is 4.66. The van der Waals surface area contributed by atoms with Crippen molar-refractivity contribution in [2.24, 2.45) is 0 Å². The van der Waals surface area contributed by atoms with Crippen LogP contribution in [0, 0.1) is 13.8 Å². The molecule has 2 N–H and O–H groups in total. The highest BCUT2D eigenvalue weighted by atomic mass is 32.2. The Bertz CT molecular complexity index is 469. The Morgan fingerprint density at radius 2 is 2.00 bits per heavy atom. The fourth-order valence-electron chi connectivity index (χ4n) is 1.53. The highest BCUT2D eigenvalue weighted by Gasteiger charge is 2.18. The Labute approximate surface area is 113 Å². The van der Waals surface area contributed by atoms with Crippen molar-refractivity contribution < 1.29 is 13.2 Å². The van der Waals surface area contributed by atoms with Crippen molar-refractivity contribution in [3.05, 3.63) is 16.5 Å². The van der Waals surface area contributed by atoms with Crippen molar-refractivity contribution in [3.63, 3.8) is 0 Å². The standard InChI is InChI=1S/C11H20N2O3S2/c1-9-8-10(2)17-11(9)18(14,15)13-5-4-12-6-7-16-3/h8,12-13H,4-7H2,1-3H3. The molecule has 0 atom stereocenters. The quantitative estimate of drug-likeness (QED) is 0.698. The lowest BCUT2D eigenvalue weighted by atomic mass is 10.4. The van der Waals surface area contributed by atoms with E-state index in [-0.39, 0.29) is 0 Å². The summed E-state index contributed by atoms with van der Waals surface area (Å²) in [7, 11) is -1.73. The van der Waals surface area contributed by atoms with E-state index in [1.165, 1.54) is 11.3 Å². The van der Waals surface area contributed by atoms with E-state index in [2.05, 4.69) is 10.0 Å². The minimum absolute atomic E-state index is 0.377. The SMILES string of the molecule is COCCNCCNS(=O)(=O)c1sc(C)cc1C. The Hall–Kier alpha value is -0.470. The molecule has 0 spiro atoms. The summed E-state index contributed by atoms with van der Waals surface area (Å²) in [4.78, 5) is 1.01. The predicted octanol–water partition coefficient (Wildman–Crippen LogP) is 0.879. The normalized spacial score (nSPS) is 11.9. The zero-order valence-electron chi connectivity index (χ0n) is 10.9. The molecule has 1 rings (SSSR count). The van der Waals surface area contributed by atoms with Crippen LogP contribution in [-0.2, 0) is 14.8 Å². The van der Waals surface area contributed by atoms with Gasteiger partial charge in [0.25, 0.3) is 0 Å². The first-order valence-corrected chi connectivity index (χ1v) is 8.03. The van der Waals surface area contributed by atoms with E-state index >= 15 is 0 Å². The lowest BCUT2D eigenvalue weighted by Gasteiger charge is -2.07. The second-order valence-corrected chi connectivity index (χ2v) is 7.19. The molecule has 0 aliphatic carbocycles. The van der Waals surface area contributed by atoms with Gasteiger partial charge in [0.1, 0.15) is 4.21 Å². The van der Waals surface area contributed by atoms with Gasteiger partial charge >= 0.3 is 0 Å². The van der Waals surface area contributed by atoms with Gasteiger partial charge in [-0.05, 0) is 25.5 Å². The first-order chi connectivity index (χ1) is 8.47. The van der Waals surface area contributed by atoms with Gasteiger partial charge in [0, 0.05) is 31.6 Å². The summed E-state index contributed by atoms with van der Waals surface area (Å²) >= 11 is 1.30. The van der Waals surface area contributed by atoms with Crippen LogP contribution in [0.1, 0.15) is 10.4 Å². The first-order valence-electron chi connectivity index (χ1n) is 5.73. The van der Waals surface area contributed by atoms with Crippen molar-refractivity contribution in [1.82, 2.24) is 10.0 Å². The zero-order chi connectivity index (χ0) is 13.6. The average Bonchev–Trinajstić information content (AvgIpc) is 2.63. The predicted molar refractivity (Wildman–Crippen MR) is 73.7 cm³/mol. The lowest BCUT2D eigenvalue weighted by Crippen LogP contribution is -2.33. The van der Waals surface area contributed by atoms with Crippen LogP contribution in [0.3, 0.4) is 0 Å². The van der Waals surface area contributed by atoms with Gasteiger partial charge in [0.15, 0.2) is 0 Å². The molecular weight excluding hydrogens is 272 g/mol. The average molecular weight is 292 g/mol. The van der Waals surface area contributed by atoms with Crippen LogP contribution in [-0.4, -0.2) is 41.8 Å². The molecule has 0 fully saturated rings. The second kappa shape index (κ2) is 7.20. The van der Waals surface area contributed by atoms with Crippen LogP contribution in [0.25, 0.3) is 0 Å². The Kier molecular flexibility index (Phi) is 6.24.